The molecule has 1 amide bonds. The monoisotopic (exact) mass is 275 g/mol. The number of para-hydroxylation sites is 1. The topological polar surface area (TPSA) is 46.9 Å². The number of aromatic nitrogens is 2. The number of thiol groups is 1. The number of hydrogen-bond acceptors (Lipinski definition) is 3. The first-order valence-corrected chi connectivity index (χ1v) is 6.79. The molecule has 0 bridgehead atoms. The minimum atomic E-state index is -0.0915. The van der Waals surface area contributed by atoms with Gasteiger partial charge in [-0.2, -0.15) is 17.7 Å². The summed E-state index contributed by atoms with van der Waals surface area (Å²) in [4.78, 5) is 12.1. The highest BCUT2D eigenvalue weighted by Crippen LogP contribution is 2.17. The quantitative estimate of drug-likeness (QED) is 0.840. The molecule has 0 radical (unpaired) electrons. The van der Waals surface area contributed by atoms with Gasteiger partial charge in [-0.25, -0.2) is 4.68 Å². The lowest BCUT2D eigenvalue weighted by Crippen LogP contribution is -2.26. The van der Waals surface area contributed by atoms with E-state index in [0.29, 0.717) is 17.9 Å². The van der Waals surface area contributed by atoms with Crippen molar-refractivity contribution in [2.45, 2.75) is 13.8 Å². The van der Waals surface area contributed by atoms with Crippen molar-refractivity contribution in [2.75, 3.05) is 12.3 Å². The number of carbonyl (C=O) groups is 1. The van der Waals surface area contributed by atoms with E-state index in [2.05, 4.69) is 23.0 Å². The van der Waals surface area contributed by atoms with Gasteiger partial charge in [-0.15, -0.1) is 0 Å². The lowest BCUT2D eigenvalue weighted by atomic mass is 10.2. The van der Waals surface area contributed by atoms with E-state index in [1.165, 1.54) is 0 Å². The number of benzene rings is 1. The summed E-state index contributed by atoms with van der Waals surface area (Å²) in [6.45, 7) is 4.31. The summed E-state index contributed by atoms with van der Waals surface area (Å²) in [6, 6.07) is 9.79. The highest BCUT2D eigenvalue weighted by atomic mass is 32.1. The summed E-state index contributed by atoms with van der Waals surface area (Å²) in [6.07, 6.45) is 0. The largest absolute Gasteiger partial charge is 0.351 e. The van der Waals surface area contributed by atoms with Crippen molar-refractivity contribution in [3.8, 4) is 5.69 Å². The van der Waals surface area contributed by atoms with E-state index in [4.69, 9.17) is 0 Å². The first kappa shape index (κ1) is 13.7. The van der Waals surface area contributed by atoms with Gasteiger partial charge in [0.2, 0.25) is 0 Å². The second-order valence-electron chi connectivity index (χ2n) is 4.27. The van der Waals surface area contributed by atoms with Crippen molar-refractivity contribution in [1.82, 2.24) is 15.1 Å². The standard InChI is InChI=1S/C14H17N3OS/c1-10-13(14(18)15-8-9-19)11(2)17(16-10)12-6-4-3-5-7-12/h3-7,19H,8-9H2,1-2H3,(H,15,18). The number of carbonyl (C=O) groups excluding carboxylic acids is 1. The first-order valence-electron chi connectivity index (χ1n) is 6.16. The fourth-order valence-electron chi connectivity index (χ4n) is 2.05. The second kappa shape index (κ2) is 5.93. The molecule has 1 heterocycles. The lowest BCUT2D eigenvalue weighted by molar-refractivity contribution is 0.0955. The van der Waals surface area contributed by atoms with Gasteiger partial charge in [-0.05, 0) is 26.0 Å². The zero-order valence-corrected chi connectivity index (χ0v) is 11.9. The highest BCUT2D eigenvalue weighted by molar-refractivity contribution is 7.80. The first-order chi connectivity index (χ1) is 9.15. The molecule has 0 aliphatic heterocycles. The summed E-state index contributed by atoms with van der Waals surface area (Å²) in [5, 5.41) is 7.27. The van der Waals surface area contributed by atoms with Gasteiger partial charge in [0.15, 0.2) is 0 Å². The van der Waals surface area contributed by atoms with Crippen molar-refractivity contribution in [3.63, 3.8) is 0 Å². The molecule has 0 spiro atoms. The van der Waals surface area contributed by atoms with Gasteiger partial charge in [0, 0.05) is 12.3 Å². The minimum Gasteiger partial charge on any atom is -0.351 e. The van der Waals surface area contributed by atoms with Gasteiger partial charge in [0.25, 0.3) is 5.91 Å². The van der Waals surface area contributed by atoms with Crippen molar-refractivity contribution in [1.29, 1.82) is 0 Å². The Bertz CT molecular complexity index is 578. The Kier molecular flexibility index (Phi) is 4.27. The SMILES string of the molecule is Cc1nn(-c2ccccc2)c(C)c1C(=O)NCCS. The van der Waals surface area contributed by atoms with Gasteiger partial charge in [-0.3, -0.25) is 4.79 Å². The molecular formula is C14H17N3OS. The molecule has 0 unspecified atom stereocenters. The van der Waals surface area contributed by atoms with Crippen LogP contribution in [-0.2, 0) is 0 Å². The van der Waals surface area contributed by atoms with Crippen molar-refractivity contribution in [3.05, 3.63) is 47.3 Å². The van der Waals surface area contributed by atoms with Crippen LogP contribution >= 0.6 is 12.6 Å². The third kappa shape index (κ3) is 2.81. The Hall–Kier alpha value is -1.75. The number of nitrogens with zero attached hydrogens (tertiary/aromatic N) is 2. The third-order valence-corrected chi connectivity index (χ3v) is 3.14. The molecule has 1 aromatic carbocycles. The van der Waals surface area contributed by atoms with Crippen LogP contribution in [0, 0.1) is 13.8 Å². The van der Waals surface area contributed by atoms with Crippen LogP contribution in [0.1, 0.15) is 21.7 Å². The zero-order chi connectivity index (χ0) is 13.8. The average molecular weight is 275 g/mol. The molecule has 0 fully saturated rings. The van der Waals surface area contributed by atoms with E-state index in [-0.39, 0.29) is 5.91 Å². The Morgan fingerprint density at radius 1 is 1.32 bits per heavy atom. The molecule has 0 saturated heterocycles. The molecule has 0 saturated carbocycles. The number of hydrogen-bond donors (Lipinski definition) is 2. The summed E-state index contributed by atoms with van der Waals surface area (Å²) in [5.74, 6) is 0.530. The Morgan fingerprint density at radius 3 is 2.63 bits per heavy atom. The van der Waals surface area contributed by atoms with E-state index in [0.717, 1.165) is 17.1 Å². The molecule has 1 N–H and O–H groups in total. The molecule has 19 heavy (non-hydrogen) atoms. The Balaban J connectivity index is 2.38. The molecule has 5 heteroatoms. The predicted molar refractivity (Wildman–Crippen MR) is 79.2 cm³/mol. The molecule has 0 aliphatic rings. The second-order valence-corrected chi connectivity index (χ2v) is 4.72. The van der Waals surface area contributed by atoms with Crippen LogP contribution in [0.4, 0.5) is 0 Å². The van der Waals surface area contributed by atoms with Gasteiger partial charge < -0.3 is 5.32 Å². The number of rotatable bonds is 4. The van der Waals surface area contributed by atoms with Gasteiger partial charge in [-0.1, -0.05) is 18.2 Å². The van der Waals surface area contributed by atoms with E-state index in [9.17, 15) is 4.79 Å². The third-order valence-electron chi connectivity index (χ3n) is 2.92. The van der Waals surface area contributed by atoms with Crippen LogP contribution in [0.3, 0.4) is 0 Å². The van der Waals surface area contributed by atoms with Crippen LogP contribution in [0.5, 0.6) is 0 Å². The summed E-state index contributed by atoms with van der Waals surface area (Å²) in [5.41, 5.74) is 3.18. The molecule has 1 aromatic heterocycles. The van der Waals surface area contributed by atoms with E-state index >= 15 is 0 Å². The molecule has 0 atom stereocenters. The maximum atomic E-state index is 12.1. The normalized spacial score (nSPS) is 10.5. The maximum Gasteiger partial charge on any atom is 0.255 e. The van der Waals surface area contributed by atoms with E-state index in [1.807, 2.05) is 44.2 Å². The molecule has 0 aliphatic carbocycles. The zero-order valence-electron chi connectivity index (χ0n) is 11.1. The number of nitrogens with one attached hydrogen (secondary N) is 1. The average Bonchev–Trinajstić information content (AvgIpc) is 2.72. The fourth-order valence-corrected chi connectivity index (χ4v) is 2.16. The van der Waals surface area contributed by atoms with Crippen LogP contribution in [-0.4, -0.2) is 28.0 Å². The molecular weight excluding hydrogens is 258 g/mol. The molecule has 2 rings (SSSR count). The summed E-state index contributed by atoms with van der Waals surface area (Å²) in [7, 11) is 0. The lowest BCUT2D eigenvalue weighted by Gasteiger charge is -2.05. The smallest absolute Gasteiger partial charge is 0.255 e. The Labute approximate surface area is 118 Å². The van der Waals surface area contributed by atoms with Gasteiger partial charge in [0.1, 0.15) is 0 Å². The summed E-state index contributed by atoms with van der Waals surface area (Å²) < 4.78 is 1.80. The van der Waals surface area contributed by atoms with Crippen molar-refractivity contribution >= 4 is 18.5 Å². The van der Waals surface area contributed by atoms with Gasteiger partial charge >= 0.3 is 0 Å². The summed E-state index contributed by atoms with van der Waals surface area (Å²) >= 11 is 4.09. The van der Waals surface area contributed by atoms with Crippen molar-refractivity contribution < 1.29 is 4.79 Å². The van der Waals surface area contributed by atoms with Gasteiger partial charge in [0.05, 0.1) is 22.6 Å². The number of amides is 1. The van der Waals surface area contributed by atoms with Crippen LogP contribution < -0.4 is 5.32 Å². The van der Waals surface area contributed by atoms with E-state index < -0.39 is 0 Å². The maximum absolute atomic E-state index is 12.1. The van der Waals surface area contributed by atoms with E-state index in [1.54, 1.807) is 4.68 Å². The molecule has 2 aromatic rings. The minimum absolute atomic E-state index is 0.0915. The molecule has 4 nitrogen and oxygen atoms in total. The number of aryl methyl sites for hydroxylation is 1. The van der Waals surface area contributed by atoms with Crippen LogP contribution in [0.15, 0.2) is 30.3 Å². The van der Waals surface area contributed by atoms with Crippen molar-refractivity contribution in [2.24, 2.45) is 0 Å². The Morgan fingerprint density at radius 2 is 2.00 bits per heavy atom. The highest BCUT2D eigenvalue weighted by Gasteiger charge is 2.18. The fraction of sp³-hybridized carbons (Fsp3) is 0.286. The van der Waals surface area contributed by atoms with Crippen LogP contribution in [0.25, 0.3) is 5.69 Å². The molecule has 100 valence electrons. The van der Waals surface area contributed by atoms with Crippen LogP contribution in [0.2, 0.25) is 0 Å². The predicted octanol–water partition coefficient (Wildman–Crippen LogP) is 2.15.